The van der Waals surface area contributed by atoms with Gasteiger partial charge < -0.3 is 5.11 Å². The van der Waals surface area contributed by atoms with Crippen LogP contribution in [0.1, 0.15) is 58.8 Å². The van der Waals surface area contributed by atoms with Gasteiger partial charge in [0.05, 0.1) is 11.4 Å². The highest BCUT2D eigenvalue weighted by molar-refractivity contribution is 8.00. The molecule has 0 saturated heterocycles. The fourth-order valence-electron chi connectivity index (χ4n) is 7.17. The van der Waals surface area contributed by atoms with E-state index >= 15 is 0 Å². The lowest BCUT2D eigenvalue weighted by Crippen LogP contribution is -2.50. The first-order valence-corrected chi connectivity index (χ1v) is 11.9. The molecule has 1 unspecified atom stereocenters. The van der Waals surface area contributed by atoms with E-state index in [1.807, 2.05) is 6.07 Å². The normalized spacial score (nSPS) is 45.0. The summed E-state index contributed by atoms with van der Waals surface area (Å²) in [4.78, 5) is 14.7. The number of aliphatic hydroxyl groups is 1. The first kappa shape index (κ1) is 18.9. The molecule has 0 heterocycles. The van der Waals surface area contributed by atoms with Gasteiger partial charge in [-0.3, -0.25) is 4.79 Å². The summed E-state index contributed by atoms with van der Waals surface area (Å²) in [5.41, 5.74) is 1.62. The van der Waals surface area contributed by atoms with Crippen LogP contribution in [0, 0.1) is 28.6 Å². The molecule has 3 fully saturated rings. The number of benzene rings is 1. The molecule has 4 aliphatic carbocycles. The van der Waals surface area contributed by atoms with Crippen molar-refractivity contribution < 1.29 is 9.90 Å². The summed E-state index contributed by atoms with van der Waals surface area (Å²) in [7, 11) is 0. The Labute approximate surface area is 173 Å². The maximum Gasteiger partial charge on any atom is 0.152 e. The molecule has 2 nitrogen and oxygen atoms in total. The number of hydrogen-bond acceptors (Lipinski definition) is 3. The maximum atomic E-state index is 13.5. The Bertz CT molecular complexity index is 802. The standard InChI is InChI=1S/C25H32O2S/c1-24-12-10-17(26)14-16(24)8-9-19-20(24)11-13-25(2)21(19)15-22(23(25)27)28-18-6-4-3-5-7-18/h3-8,17,19-22,26H,9-15H2,1-2H3/t17-,19+,20-,21-,22?,24-,25-/m0/s1. The van der Waals surface area contributed by atoms with E-state index in [2.05, 4.69) is 44.2 Å². The van der Waals surface area contributed by atoms with E-state index in [0.29, 0.717) is 23.5 Å². The molecule has 4 aliphatic rings. The van der Waals surface area contributed by atoms with Crippen LogP contribution < -0.4 is 0 Å². The summed E-state index contributed by atoms with van der Waals surface area (Å²) < 4.78 is 0. The number of thioether (sulfide) groups is 1. The van der Waals surface area contributed by atoms with Gasteiger partial charge in [0.1, 0.15) is 0 Å². The Morgan fingerprint density at radius 1 is 1.04 bits per heavy atom. The molecule has 150 valence electrons. The van der Waals surface area contributed by atoms with Gasteiger partial charge in [-0.15, -0.1) is 11.8 Å². The van der Waals surface area contributed by atoms with Crippen LogP contribution in [0.15, 0.2) is 46.9 Å². The molecule has 5 rings (SSSR count). The van der Waals surface area contributed by atoms with Crippen LogP contribution in [0.5, 0.6) is 0 Å². The summed E-state index contributed by atoms with van der Waals surface area (Å²) in [6.07, 6.45) is 9.60. The molecular weight excluding hydrogens is 364 g/mol. The Hall–Kier alpha value is -1.06. The molecule has 7 atom stereocenters. The largest absolute Gasteiger partial charge is 0.393 e. The molecular formula is C25H32O2S. The number of ketones is 1. The van der Waals surface area contributed by atoms with Crippen molar-refractivity contribution in [1.29, 1.82) is 0 Å². The molecule has 0 bridgehead atoms. The topological polar surface area (TPSA) is 37.3 Å². The van der Waals surface area contributed by atoms with Gasteiger partial charge in [0.25, 0.3) is 0 Å². The lowest BCUT2D eigenvalue weighted by molar-refractivity contribution is -0.131. The summed E-state index contributed by atoms with van der Waals surface area (Å²) in [6, 6.07) is 10.4. The molecule has 0 amide bonds. The molecule has 3 saturated carbocycles. The summed E-state index contributed by atoms with van der Waals surface area (Å²) >= 11 is 1.79. The molecule has 0 spiro atoms. The molecule has 1 aromatic rings. The lowest BCUT2D eigenvalue weighted by Gasteiger charge is -2.56. The summed E-state index contributed by atoms with van der Waals surface area (Å²) in [6.45, 7) is 4.73. The third-order valence-electron chi connectivity index (χ3n) is 8.81. The van der Waals surface area contributed by atoms with E-state index in [0.717, 1.165) is 38.5 Å². The van der Waals surface area contributed by atoms with Gasteiger partial charge in [-0.1, -0.05) is 43.7 Å². The lowest BCUT2D eigenvalue weighted by atomic mass is 9.48. The van der Waals surface area contributed by atoms with Gasteiger partial charge >= 0.3 is 0 Å². The molecule has 28 heavy (non-hydrogen) atoms. The maximum absolute atomic E-state index is 13.5. The van der Waals surface area contributed by atoms with Gasteiger partial charge in [0.15, 0.2) is 5.78 Å². The molecule has 1 N–H and O–H groups in total. The predicted molar refractivity (Wildman–Crippen MR) is 114 cm³/mol. The van der Waals surface area contributed by atoms with E-state index in [1.54, 1.807) is 11.8 Å². The second kappa shape index (κ2) is 6.74. The third kappa shape index (κ3) is 2.76. The third-order valence-corrected chi connectivity index (χ3v) is 10.0. The van der Waals surface area contributed by atoms with E-state index in [4.69, 9.17) is 0 Å². The molecule has 0 aliphatic heterocycles. The number of carbonyl (C=O) groups is 1. The number of aliphatic hydroxyl groups excluding tert-OH is 1. The Morgan fingerprint density at radius 2 is 1.79 bits per heavy atom. The smallest absolute Gasteiger partial charge is 0.152 e. The van der Waals surface area contributed by atoms with Crippen molar-refractivity contribution in [1.82, 2.24) is 0 Å². The van der Waals surface area contributed by atoms with Crippen LogP contribution in [-0.4, -0.2) is 22.2 Å². The summed E-state index contributed by atoms with van der Waals surface area (Å²) in [5, 5.41) is 10.3. The van der Waals surface area contributed by atoms with Crippen molar-refractivity contribution >= 4 is 17.5 Å². The van der Waals surface area contributed by atoms with Gasteiger partial charge in [-0.05, 0) is 80.2 Å². The van der Waals surface area contributed by atoms with Crippen LogP contribution in [0.25, 0.3) is 0 Å². The molecule has 1 aromatic carbocycles. The van der Waals surface area contributed by atoms with Crippen LogP contribution in [0.4, 0.5) is 0 Å². The highest BCUT2D eigenvalue weighted by Gasteiger charge is 2.61. The van der Waals surface area contributed by atoms with E-state index in [9.17, 15) is 9.90 Å². The van der Waals surface area contributed by atoms with Crippen LogP contribution in [-0.2, 0) is 4.79 Å². The monoisotopic (exact) mass is 396 g/mol. The second-order valence-electron chi connectivity index (χ2n) is 10.1. The minimum absolute atomic E-state index is 0.113. The van der Waals surface area contributed by atoms with Gasteiger partial charge in [0.2, 0.25) is 0 Å². The Balaban J connectivity index is 1.42. The zero-order valence-electron chi connectivity index (χ0n) is 17.1. The highest BCUT2D eigenvalue weighted by atomic mass is 32.2. The average molecular weight is 397 g/mol. The predicted octanol–water partition coefficient (Wildman–Crippen LogP) is 5.65. The first-order valence-electron chi connectivity index (χ1n) is 11.1. The minimum Gasteiger partial charge on any atom is -0.393 e. The number of rotatable bonds is 2. The fourth-order valence-corrected chi connectivity index (χ4v) is 8.50. The SMILES string of the molecule is C[C@]12CC[C@H](O)CC1=CC[C@@H]1[C@@H]2CC[C@]2(C)C(=O)C(Sc3ccccc3)C[C@@H]12. The Kier molecular flexibility index (Phi) is 4.56. The number of fused-ring (bicyclic) bond motifs is 5. The van der Waals surface area contributed by atoms with Crippen molar-refractivity contribution in [2.45, 2.75) is 75.0 Å². The second-order valence-corrected chi connectivity index (χ2v) is 11.4. The molecule has 0 aromatic heterocycles. The van der Waals surface area contributed by atoms with Crippen LogP contribution >= 0.6 is 11.8 Å². The van der Waals surface area contributed by atoms with Crippen molar-refractivity contribution in [3.63, 3.8) is 0 Å². The quantitative estimate of drug-likeness (QED) is 0.656. The minimum atomic E-state index is -0.149. The highest BCUT2D eigenvalue weighted by Crippen LogP contribution is 2.65. The number of hydrogen-bond donors (Lipinski definition) is 1. The van der Waals surface area contributed by atoms with Gasteiger partial charge in [0, 0.05) is 10.3 Å². The number of allylic oxidation sites excluding steroid dienone is 1. The Morgan fingerprint density at radius 3 is 2.57 bits per heavy atom. The molecule has 3 heteroatoms. The zero-order valence-corrected chi connectivity index (χ0v) is 17.9. The zero-order chi connectivity index (χ0) is 19.5. The van der Waals surface area contributed by atoms with Gasteiger partial charge in [-0.25, -0.2) is 0 Å². The fraction of sp³-hybridized carbons (Fsp3) is 0.640. The first-order chi connectivity index (χ1) is 13.4. The van der Waals surface area contributed by atoms with E-state index in [-0.39, 0.29) is 22.2 Å². The van der Waals surface area contributed by atoms with E-state index < -0.39 is 0 Å². The van der Waals surface area contributed by atoms with Crippen molar-refractivity contribution in [2.75, 3.05) is 0 Å². The van der Waals surface area contributed by atoms with Gasteiger partial charge in [-0.2, -0.15) is 0 Å². The van der Waals surface area contributed by atoms with E-state index in [1.165, 1.54) is 16.9 Å². The van der Waals surface area contributed by atoms with Crippen LogP contribution in [0.3, 0.4) is 0 Å². The number of Topliss-reactive ketones (excluding diaryl/α,β-unsaturated/α-hetero) is 1. The van der Waals surface area contributed by atoms with Crippen molar-refractivity contribution in [2.24, 2.45) is 28.6 Å². The van der Waals surface area contributed by atoms with Crippen molar-refractivity contribution in [3.05, 3.63) is 42.0 Å². The average Bonchev–Trinajstić information content (AvgIpc) is 2.94. The number of carbonyl (C=O) groups excluding carboxylic acids is 1. The molecule has 0 radical (unpaired) electrons. The van der Waals surface area contributed by atoms with Crippen molar-refractivity contribution in [3.8, 4) is 0 Å². The summed E-state index contributed by atoms with van der Waals surface area (Å²) in [5.74, 6) is 2.34. The van der Waals surface area contributed by atoms with Crippen LogP contribution in [0.2, 0.25) is 0 Å².